The molecule has 172 valence electrons. The Morgan fingerprint density at radius 1 is 0.771 bits per heavy atom. The normalized spacial score (nSPS) is 13.1. The summed E-state index contributed by atoms with van der Waals surface area (Å²) in [5, 5.41) is 7.92. The highest BCUT2D eigenvalue weighted by atomic mass is 19.1. The number of hydrogen-bond donors (Lipinski definition) is 0. The first-order chi connectivity index (χ1) is 17.0. The van der Waals surface area contributed by atoms with Crippen LogP contribution in [0.4, 0.5) is 8.78 Å². The predicted octanol–water partition coefficient (Wildman–Crippen LogP) is 4.49. The van der Waals surface area contributed by atoms with Crippen LogP contribution in [-0.4, -0.2) is 42.3 Å². The monoisotopic (exact) mass is 468 g/mol. The molecule has 7 nitrogen and oxygen atoms in total. The van der Waals surface area contributed by atoms with E-state index in [2.05, 4.69) is 10.3 Å². The molecule has 3 aromatic carbocycles. The van der Waals surface area contributed by atoms with Gasteiger partial charge in [0, 0.05) is 23.2 Å². The summed E-state index contributed by atoms with van der Waals surface area (Å²) >= 11 is 0. The molecule has 0 fully saturated rings. The third-order valence-electron chi connectivity index (χ3n) is 6.07. The Kier molecular flexibility index (Phi) is 5.02. The number of hydrogen-bond acceptors (Lipinski definition) is 5. The first-order valence-electron chi connectivity index (χ1n) is 11.1. The maximum atomic E-state index is 13.6. The van der Waals surface area contributed by atoms with Gasteiger partial charge in [-0.1, -0.05) is 5.21 Å². The number of amides is 1. The van der Waals surface area contributed by atoms with Gasteiger partial charge in [-0.2, -0.15) is 0 Å². The van der Waals surface area contributed by atoms with E-state index in [1.807, 2.05) is 0 Å². The molecule has 0 atom stereocenters. The summed E-state index contributed by atoms with van der Waals surface area (Å²) in [6.07, 6.45) is 1.66. The molecule has 2 aromatic heterocycles. The van der Waals surface area contributed by atoms with Crippen molar-refractivity contribution in [3.05, 3.63) is 95.8 Å². The Balaban J connectivity index is 1.43. The lowest BCUT2D eigenvalue weighted by molar-refractivity contribution is 0.0706. The molecule has 0 aliphatic carbocycles. The zero-order chi connectivity index (χ0) is 23.9. The van der Waals surface area contributed by atoms with E-state index < -0.39 is 0 Å². The van der Waals surface area contributed by atoms with Crippen LogP contribution >= 0.6 is 0 Å². The topological polar surface area (TPSA) is 76.8 Å². The minimum atomic E-state index is -0.364. The van der Waals surface area contributed by atoms with Gasteiger partial charge in [0.25, 0.3) is 5.91 Å². The zero-order valence-corrected chi connectivity index (χ0v) is 18.4. The van der Waals surface area contributed by atoms with Crippen LogP contribution in [0.25, 0.3) is 33.5 Å². The quantitative estimate of drug-likeness (QED) is 0.390. The van der Waals surface area contributed by atoms with Gasteiger partial charge in [0.1, 0.15) is 11.6 Å². The molecule has 0 unspecified atom stereocenters. The molecule has 1 aliphatic rings. The van der Waals surface area contributed by atoms with Crippen molar-refractivity contribution in [2.75, 3.05) is 6.54 Å². The van der Waals surface area contributed by atoms with Gasteiger partial charge in [-0.3, -0.25) is 4.79 Å². The van der Waals surface area contributed by atoms with Crippen molar-refractivity contribution in [1.82, 2.24) is 29.9 Å². The lowest BCUT2D eigenvalue weighted by atomic mass is 10.0. The minimum Gasteiger partial charge on any atom is -0.331 e. The summed E-state index contributed by atoms with van der Waals surface area (Å²) in [4.78, 5) is 24.6. The highest BCUT2D eigenvalue weighted by molar-refractivity contribution is 5.98. The van der Waals surface area contributed by atoms with Crippen LogP contribution in [0.3, 0.4) is 0 Å². The van der Waals surface area contributed by atoms with E-state index >= 15 is 0 Å². The number of nitrogens with zero attached hydrogens (tertiary/aromatic N) is 6. The molecule has 0 spiro atoms. The van der Waals surface area contributed by atoms with Gasteiger partial charge < -0.3 is 4.90 Å². The van der Waals surface area contributed by atoms with E-state index in [-0.39, 0.29) is 17.5 Å². The standard InChI is InChI=1S/C26H18F2N6O/c27-19-6-1-16(2-7-19)24-25(17-3-8-20(28)9-4-17)31-23-13-18(5-10-22(23)30-24)26(35)33-11-12-34-21(15-33)14-29-32-34/h1-10,13-14H,11-12,15H2. The molecule has 0 radical (unpaired) electrons. The number of carbonyl (C=O) groups is 1. The third-order valence-corrected chi connectivity index (χ3v) is 6.07. The highest BCUT2D eigenvalue weighted by Gasteiger charge is 2.23. The van der Waals surface area contributed by atoms with Gasteiger partial charge in [-0.05, 0) is 66.7 Å². The molecule has 3 heterocycles. The maximum absolute atomic E-state index is 13.6. The van der Waals surface area contributed by atoms with Crippen LogP contribution < -0.4 is 0 Å². The average molecular weight is 468 g/mol. The van der Waals surface area contributed by atoms with E-state index in [0.717, 1.165) is 5.69 Å². The number of aromatic nitrogens is 5. The summed E-state index contributed by atoms with van der Waals surface area (Å²) in [5.74, 6) is -0.839. The van der Waals surface area contributed by atoms with Gasteiger partial charge in [0.15, 0.2) is 0 Å². The van der Waals surface area contributed by atoms with Crippen LogP contribution in [0, 0.1) is 11.6 Å². The van der Waals surface area contributed by atoms with Gasteiger partial charge in [-0.25, -0.2) is 23.4 Å². The highest BCUT2D eigenvalue weighted by Crippen LogP contribution is 2.31. The van der Waals surface area contributed by atoms with E-state index in [0.29, 0.717) is 58.7 Å². The van der Waals surface area contributed by atoms with Crippen molar-refractivity contribution in [1.29, 1.82) is 0 Å². The Labute approximate surface area is 198 Å². The molecule has 0 saturated heterocycles. The number of benzene rings is 3. The van der Waals surface area contributed by atoms with Crippen molar-refractivity contribution in [3.63, 3.8) is 0 Å². The average Bonchev–Trinajstić information content (AvgIpc) is 3.36. The molecule has 0 saturated carbocycles. The molecule has 35 heavy (non-hydrogen) atoms. The van der Waals surface area contributed by atoms with E-state index in [1.54, 1.807) is 58.2 Å². The number of halogens is 2. The second-order valence-electron chi connectivity index (χ2n) is 8.31. The lowest BCUT2D eigenvalue weighted by Crippen LogP contribution is -2.38. The number of rotatable bonds is 3. The van der Waals surface area contributed by atoms with Gasteiger partial charge in [0.2, 0.25) is 0 Å². The summed E-state index contributed by atoms with van der Waals surface area (Å²) < 4.78 is 28.9. The first-order valence-corrected chi connectivity index (χ1v) is 11.1. The van der Waals surface area contributed by atoms with Crippen LogP contribution in [0.15, 0.2) is 72.9 Å². The zero-order valence-electron chi connectivity index (χ0n) is 18.4. The Morgan fingerprint density at radius 2 is 1.40 bits per heavy atom. The molecule has 9 heteroatoms. The molecule has 0 bridgehead atoms. The van der Waals surface area contributed by atoms with Crippen LogP contribution in [0.1, 0.15) is 16.1 Å². The molecule has 0 N–H and O–H groups in total. The number of carbonyl (C=O) groups excluding carboxylic acids is 1. The molecule has 1 amide bonds. The van der Waals surface area contributed by atoms with Crippen LogP contribution in [0.2, 0.25) is 0 Å². The second-order valence-corrected chi connectivity index (χ2v) is 8.31. The van der Waals surface area contributed by atoms with E-state index in [1.165, 1.54) is 24.3 Å². The van der Waals surface area contributed by atoms with Crippen LogP contribution in [-0.2, 0) is 13.1 Å². The second kappa shape index (κ2) is 8.35. The van der Waals surface area contributed by atoms with E-state index in [9.17, 15) is 13.6 Å². The lowest BCUT2D eigenvalue weighted by Gasteiger charge is -2.27. The Hall–Kier alpha value is -4.53. The van der Waals surface area contributed by atoms with E-state index in [4.69, 9.17) is 9.97 Å². The molecular formula is C26H18F2N6O. The predicted molar refractivity (Wildman–Crippen MR) is 125 cm³/mol. The fourth-order valence-corrected chi connectivity index (χ4v) is 4.24. The SMILES string of the molecule is O=C(c1ccc2nc(-c3ccc(F)cc3)c(-c3ccc(F)cc3)nc2c1)N1CCn2nncc2C1. The summed E-state index contributed by atoms with van der Waals surface area (Å²) in [6.45, 7) is 1.55. The van der Waals surface area contributed by atoms with Crippen molar-refractivity contribution in [2.24, 2.45) is 0 Å². The van der Waals surface area contributed by atoms with Crippen molar-refractivity contribution >= 4 is 16.9 Å². The summed E-state index contributed by atoms with van der Waals surface area (Å²) in [5.41, 5.74) is 4.89. The van der Waals surface area contributed by atoms with Gasteiger partial charge in [0.05, 0.1) is 47.4 Å². The van der Waals surface area contributed by atoms with Gasteiger partial charge >= 0.3 is 0 Å². The third kappa shape index (κ3) is 3.90. The first kappa shape index (κ1) is 21.0. The maximum Gasteiger partial charge on any atom is 0.254 e. The minimum absolute atomic E-state index is 0.118. The summed E-state index contributed by atoms with van der Waals surface area (Å²) in [7, 11) is 0. The molecule has 6 rings (SSSR count). The van der Waals surface area contributed by atoms with Crippen LogP contribution in [0.5, 0.6) is 0 Å². The smallest absolute Gasteiger partial charge is 0.254 e. The Bertz CT molecular complexity index is 1560. The fraction of sp³-hybridized carbons (Fsp3) is 0.115. The molecule has 1 aliphatic heterocycles. The van der Waals surface area contributed by atoms with Crippen molar-refractivity contribution in [2.45, 2.75) is 13.1 Å². The Morgan fingerprint density at radius 3 is 2.06 bits per heavy atom. The van der Waals surface area contributed by atoms with Gasteiger partial charge in [-0.15, -0.1) is 5.10 Å². The van der Waals surface area contributed by atoms with Crippen molar-refractivity contribution < 1.29 is 13.6 Å². The largest absolute Gasteiger partial charge is 0.331 e. The molecular weight excluding hydrogens is 450 g/mol. The summed E-state index contributed by atoms with van der Waals surface area (Å²) in [6, 6.07) is 17.1. The fourth-order valence-electron chi connectivity index (χ4n) is 4.24. The molecule has 5 aromatic rings. The number of fused-ring (bicyclic) bond motifs is 2. The van der Waals surface area contributed by atoms with Crippen molar-refractivity contribution in [3.8, 4) is 22.5 Å².